The van der Waals surface area contributed by atoms with Crippen LogP contribution in [0.25, 0.3) is 0 Å². The molecule has 4 heteroatoms. The quantitative estimate of drug-likeness (QED) is 0.870. The van der Waals surface area contributed by atoms with Gasteiger partial charge in [-0.1, -0.05) is 37.0 Å². The van der Waals surface area contributed by atoms with E-state index in [1.54, 1.807) is 12.1 Å². The first-order valence-corrected chi connectivity index (χ1v) is 7.64. The molecule has 0 aromatic heterocycles. The third-order valence-electron chi connectivity index (χ3n) is 3.51. The number of hydrogen-bond acceptors (Lipinski definition) is 2. The fourth-order valence-corrected chi connectivity index (χ4v) is 2.81. The standard InChI is InChI=1S/C15H21Cl2NO/c1-10(2)7-15(11-5-6-18-9-11)19-12-3-4-13(16)14(17)8-12/h3-4,8,10-11,15,18H,5-7,9H2,1-2H3/t11?,15-/m1/s1. The highest BCUT2D eigenvalue weighted by atomic mass is 35.5. The number of benzene rings is 1. The van der Waals surface area contributed by atoms with E-state index in [4.69, 9.17) is 27.9 Å². The van der Waals surface area contributed by atoms with Gasteiger partial charge in [-0.2, -0.15) is 0 Å². The van der Waals surface area contributed by atoms with Crippen molar-refractivity contribution in [3.63, 3.8) is 0 Å². The summed E-state index contributed by atoms with van der Waals surface area (Å²) in [5.74, 6) is 2.01. The SMILES string of the molecule is CC(C)C[C@@H](Oc1ccc(Cl)c(Cl)c1)C1CCNC1. The van der Waals surface area contributed by atoms with Gasteiger partial charge in [0, 0.05) is 18.5 Å². The van der Waals surface area contributed by atoms with Gasteiger partial charge in [0.05, 0.1) is 10.0 Å². The first kappa shape index (κ1) is 15.0. The van der Waals surface area contributed by atoms with E-state index >= 15 is 0 Å². The van der Waals surface area contributed by atoms with Gasteiger partial charge in [0.2, 0.25) is 0 Å². The van der Waals surface area contributed by atoms with E-state index in [1.165, 1.54) is 6.42 Å². The van der Waals surface area contributed by atoms with E-state index in [2.05, 4.69) is 19.2 Å². The van der Waals surface area contributed by atoms with Crippen molar-refractivity contribution in [1.29, 1.82) is 0 Å². The van der Waals surface area contributed by atoms with Crippen LogP contribution >= 0.6 is 23.2 Å². The normalized spacial score (nSPS) is 20.8. The van der Waals surface area contributed by atoms with Gasteiger partial charge in [0.1, 0.15) is 11.9 Å². The van der Waals surface area contributed by atoms with E-state index in [0.29, 0.717) is 21.9 Å². The summed E-state index contributed by atoms with van der Waals surface area (Å²) in [4.78, 5) is 0. The predicted molar refractivity (Wildman–Crippen MR) is 81.3 cm³/mol. The molecule has 1 aromatic carbocycles. The van der Waals surface area contributed by atoms with Crippen LogP contribution in [0.15, 0.2) is 18.2 Å². The van der Waals surface area contributed by atoms with Crippen molar-refractivity contribution in [3.05, 3.63) is 28.2 Å². The lowest BCUT2D eigenvalue weighted by molar-refractivity contribution is 0.119. The summed E-state index contributed by atoms with van der Waals surface area (Å²) < 4.78 is 6.16. The number of rotatable bonds is 5. The Balaban J connectivity index is 2.07. The minimum atomic E-state index is 0.243. The maximum absolute atomic E-state index is 6.16. The van der Waals surface area contributed by atoms with Crippen molar-refractivity contribution in [3.8, 4) is 5.75 Å². The van der Waals surface area contributed by atoms with Gasteiger partial charge in [0.15, 0.2) is 0 Å². The minimum absolute atomic E-state index is 0.243. The summed E-state index contributed by atoms with van der Waals surface area (Å²) in [6, 6.07) is 5.49. The Morgan fingerprint density at radius 2 is 2.11 bits per heavy atom. The minimum Gasteiger partial charge on any atom is -0.490 e. The predicted octanol–water partition coefficient (Wildman–Crippen LogP) is 4.40. The molecule has 0 spiro atoms. The third kappa shape index (κ3) is 4.27. The van der Waals surface area contributed by atoms with Crippen LogP contribution in [0.4, 0.5) is 0 Å². The van der Waals surface area contributed by atoms with E-state index in [0.717, 1.165) is 25.3 Å². The smallest absolute Gasteiger partial charge is 0.121 e. The van der Waals surface area contributed by atoms with Crippen LogP contribution in [-0.2, 0) is 0 Å². The average Bonchev–Trinajstić information content (AvgIpc) is 2.86. The van der Waals surface area contributed by atoms with Crippen LogP contribution in [0.3, 0.4) is 0 Å². The lowest BCUT2D eigenvalue weighted by Crippen LogP contribution is -2.30. The van der Waals surface area contributed by atoms with Crippen LogP contribution in [0.5, 0.6) is 5.75 Å². The molecular formula is C15H21Cl2NO. The maximum atomic E-state index is 6.16. The molecule has 19 heavy (non-hydrogen) atoms. The van der Waals surface area contributed by atoms with Crippen LogP contribution in [-0.4, -0.2) is 19.2 Å². The van der Waals surface area contributed by atoms with Crippen molar-refractivity contribution in [2.75, 3.05) is 13.1 Å². The molecule has 0 amide bonds. The first-order valence-electron chi connectivity index (χ1n) is 6.88. The van der Waals surface area contributed by atoms with E-state index in [1.807, 2.05) is 6.07 Å². The topological polar surface area (TPSA) is 21.3 Å². The molecule has 2 atom stereocenters. The number of halogens is 2. The summed E-state index contributed by atoms with van der Waals surface area (Å²) in [6.07, 6.45) is 2.48. The number of hydrogen-bond donors (Lipinski definition) is 1. The van der Waals surface area contributed by atoms with Gasteiger partial charge in [-0.05, 0) is 37.4 Å². The number of nitrogens with one attached hydrogen (secondary N) is 1. The van der Waals surface area contributed by atoms with Crippen LogP contribution < -0.4 is 10.1 Å². The Kier molecular flexibility index (Phi) is 5.37. The van der Waals surface area contributed by atoms with E-state index in [9.17, 15) is 0 Å². The number of ether oxygens (including phenoxy) is 1. The molecule has 2 rings (SSSR count). The molecule has 106 valence electrons. The Hall–Kier alpha value is -0.440. The Bertz CT molecular complexity index is 417. The third-order valence-corrected chi connectivity index (χ3v) is 4.25. The molecule has 0 bridgehead atoms. The van der Waals surface area contributed by atoms with Gasteiger partial charge in [0.25, 0.3) is 0 Å². The molecule has 1 aromatic rings. The van der Waals surface area contributed by atoms with Gasteiger partial charge in [-0.15, -0.1) is 0 Å². The summed E-state index contributed by atoms with van der Waals surface area (Å²) in [5.41, 5.74) is 0. The molecule has 1 aliphatic heterocycles. The molecule has 0 radical (unpaired) electrons. The summed E-state index contributed by atoms with van der Waals surface area (Å²) in [6.45, 7) is 6.59. The molecular weight excluding hydrogens is 281 g/mol. The average molecular weight is 302 g/mol. The molecule has 1 unspecified atom stereocenters. The second kappa shape index (κ2) is 6.83. The zero-order chi connectivity index (χ0) is 13.8. The zero-order valence-electron chi connectivity index (χ0n) is 11.5. The van der Waals surface area contributed by atoms with Crippen LogP contribution in [0.2, 0.25) is 10.0 Å². The fraction of sp³-hybridized carbons (Fsp3) is 0.600. The highest BCUT2D eigenvalue weighted by Gasteiger charge is 2.27. The summed E-state index contributed by atoms with van der Waals surface area (Å²) in [5, 5.41) is 4.52. The lowest BCUT2D eigenvalue weighted by Gasteiger charge is -2.26. The first-order chi connectivity index (χ1) is 9.06. The molecule has 2 nitrogen and oxygen atoms in total. The zero-order valence-corrected chi connectivity index (χ0v) is 13.0. The highest BCUT2D eigenvalue weighted by molar-refractivity contribution is 6.42. The lowest BCUT2D eigenvalue weighted by atomic mass is 9.93. The van der Waals surface area contributed by atoms with Gasteiger partial charge in [-0.3, -0.25) is 0 Å². The van der Waals surface area contributed by atoms with Crippen LogP contribution in [0.1, 0.15) is 26.7 Å². The van der Waals surface area contributed by atoms with Crippen molar-refractivity contribution < 1.29 is 4.74 Å². The Labute approximate surface area is 125 Å². The molecule has 1 heterocycles. The van der Waals surface area contributed by atoms with Crippen molar-refractivity contribution >= 4 is 23.2 Å². The van der Waals surface area contributed by atoms with Gasteiger partial charge in [-0.25, -0.2) is 0 Å². The Morgan fingerprint density at radius 1 is 1.32 bits per heavy atom. The van der Waals surface area contributed by atoms with E-state index in [-0.39, 0.29) is 6.10 Å². The maximum Gasteiger partial charge on any atom is 0.121 e. The summed E-state index contributed by atoms with van der Waals surface area (Å²) in [7, 11) is 0. The highest BCUT2D eigenvalue weighted by Crippen LogP contribution is 2.30. The van der Waals surface area contributed by atoms with Crippen molar-refractivity contribution in [1.82, 2.24) is 5.32 Å². The summed E-state index contributed by atoms with van der Waals surface area (Å²) >= 11 is 12.0. The molecule has 0 saturated carbocycles. The van der Waals surface area contributed by atoms with Gasteiger partial charge >= 0.3 is 0 Å². The second-order valence-corrected chi connectivity index (χ2v) is 6.43. The molecule has 1 N–H and O–H groups in total. The second-order valence-electron chi connectivity index (χ2n) is 5.61. The van der Waals surface area contributed by atoms with Gasteiger partial charge < -0.3 is 10.1 Å². The largest absolute Gasteiger partial charge is 0.490 e. The fourth-order valence-electron chi connectivity index (χ4n) is 2.52. The van der Waals surface area contributed by atoms with Crippen LogP contribution in [0, 0.1) is 11.8 Å². The Morgan fingerprint density at radius 3 is 2.68 bits per heavy atom. The molecule has 0 aliphatic carbocycles. The van der Waals surface area contributed by atoms with E-state index < -0.39 is 0 Å². The van der Waals surface area contributed by atoms with Crippen molar-refractivity contribution in [2.24, 2.45) is 11.8 Å². The molecule has 1 aliphatic rings. The molecule has 1 saturated heterocycles. The monoisotopic (exact) mass is 301 g/mol. The van der Waals surface area contributed by atoms with Crippen molar-refractivity contribution in [2.45, 2.75) is 32.8 Å². The molecule has 1 fully saturated rings.